The summed E-state index contributed by atoms with van der Waals surface area (Å²) in [7, 11) is -6.80. The van der Waals surface area contributed by atoms with Gasteiger partial charge in [-0.1, -0.05) is 0 Å². The first-order chi connectivity index (χ1) is 7.57. The van der Waals surface area contributed by atoms with E-state index in [1.54, 1.807) is 0 Å². The molecule has 17 heavy (non-hydrogen) atoms. The van der Waals surface area contributed by atoms with Crippen LogP contribution in [0.25, 0.3) is 0 Å². The van der Waals surface area contributed by atoms with Crippen molar-refractivity contribution < 1.29 is 16.8 Å². The second-order valence-electron chi connectivity index (χ2n) is 3.55. The number of hydrogen-bond donors (Lipinski definition) is 3. The summed E-state index contributed by atoms with van der Waals surface area (Å²) >= 11 is 0. The smallest absolute Gasteiger partial charge is 0.229 e. The van der Waals surface area contributed by atoms with Crippen molar-refractivity contribution in [2.24, 2.45) is 0 Å². The van der Waals surface area contributed by atoms with Crippen molar-refractivity contribution in [1.29, 1.82) is 0 Å². The van der Waals surface area contributed by atoms with Crippen molar-refractivity contribution in [3.05, 3.63) is 18.2 Å². The van der Waals surface area contributed by atoms with Crippen LogP contribution in [0, 0.1) is 0 Å². The van der Waals surface area contributed by atoms with E-state index < -0.39 is 20.0 Å². The molecule has 0 aliphatic rings. The molecular formula is C8H13N3O4S2. The summed E-state index contributed by atoms with van der Waals surface area (Å²) < 4.78 is 48.3. The van der Waals surface area contributed by atoms with Crippen molar-refractivity contribution in [3.63, 3.8) is 0 Å². The average Bonchev–Trinajstić information content (AvgIpc) is 2.05. The highest BCUT2D eigenvalue weighted by Gasteiger charge is 2.08. The average molecular weight is 279 g/mol. The number of benzene rings is 1. The SMILES string of the molecule is CS(=O)(=O)Nc1ccc(NS(C)(=O)=O)c(N)c1. The third-order valence-electron chi connectivity index (χ3n) is 1.65. The normalized spacial score (nSPS) is 12.1. The minimum Gasteiger partial charge on any atom is -0.397 e. The lowest BCUT2D eigenvalue weighted by molar-refractivity contribution is 0.605. The molecule has 0 aromatic heterocycles. The third-order valence-corrected chi connectivity index (χ3v) is 2.85. The van der Waals surface area contributed by atoms with Gasteiger partial charge in [0.05, 0.1) is 29.6 Å². The minimum absolute atomic E-state index is 0.129. The summed E-state index contributed by atoms with van der Waals surface area (Å²) in [6, 6.07) is 4.11. The van der Waals surface area contributed by atoms with Crippen molar-refractivity contribution in [3.8, 4) is 0 Å². The van der Waals surface area contributed by atoms with Gasteiger partial charge in [0.1, 0.15) is 0 Å². The van der Waals surface area contributed by atoms with Gasteiger partial charge < -0.3 is 5.73 Å². The second kappa shape index (κ2) is 4.41. The molecule has 0 aliphatic heterocycles. The molecule has 0 unspecified atom stereocenters. The molecule has 9 heteroatoms. The largest absolute Gasteiger partial charge is 0.397 e. The van der Waals surface area contributed by atoms with Gasteiger partial charge in [-0.15, -0.1) is 0 Å². The standard InChI is InChI=1S/C8H13N3O4S2/c1-16(12,13)10-6-3-4-8(7(9)5-6)11-17(2,14)15/h3-5,10-11H,9H2,1-2H3. The molecular weight excluding hydrogens is 266 g/mol. The van der Waals surface area contributed by atoms with Gasteiger partial charge in [0.15, 0.2) is 0 Å². The van der Waals surface area contributed by atoms with E-state index in [0.717, 1.165) is 12.5 Å². The van der Waals surface area contributed by atoms with Crippen LogP contribution in [0.15, 0.2) is 18.2 Å². The van der Waals surface area contributed by atoms with Gasteiger partial charge in [-0.05, 0) is 18.2 Å². The van der Waals surface area contributed by atoms with E-state index in [4.69, 9.17) is 5.73 Å². The van der Waals surface area contributed by atoms with E-state index in [9.17, 15) is 16.8 Å². The first kappa shape index (κ1) is 13.6. The molecule has 1 rings (SSSR count). The molecule has 0 heterocycles. The Balaban J connectivity index is 3.02. The monoisotopic (exact) mass is 279 g/mol. The van der Waals surface area contributed by atoms with E-state index in [0.29, 0.717) is 0 Å². The Labute approximate surface area is 100 Å². The summed E-state index contributed by atoms with van der Waals surface area (Å²) in [6.07, 6.45) is 2.00. The Morgan fingerprint density at radius 3 is 1.94 bits per heavy atom. The topological polar surface area (TPSA) is 118 Å². The first-order valence-corrected chi connectivity index (χ1v) is 8.20. The van der Waals surface area contributed by atoms with E-state index in [-0.39, 0.29) is 17.1 Å². The van der Waals surface area contributed by atoms with Gasteiger partial charge in [0, 0.05) is 0 Å². The molecule has 1 aromatic carbocycles. The molecule has 0 atom stereocenters. The van der Waals surface area contributed by atoms with Crippen LogP contribution in [-0.4, -0.2) is 29.3 Å². The number of hydrogen-bond acceptors (Lipinski definition) is 5. The number of sulfonamides is 2. The number of rotatable bonds is 4. The van der Waals surface area contributed by atoms with Crippen LogP contribution in [0.3, 0.4) is 0 Å². The maximum absolute atomic E-state index is 11.0. The minimum atomic E-state index is -3.42. The Morgan fingerprint density at radius 1 is 1.00 bits per heavy atom. The number of nitrogens with one attached hydrogen (secondary N) is 2. The number of nitrogen functional groups attached to an aromatic ring is 1. The molecule has 7 nitrogen and oxygen atoms in total. The summed E-state index contributed by atoms with van der Waals surface area (Å²) in [5.41, 5.74) is 6.18. The zero-order valence-corrected chi connectivity index (χ0v) is 10.9. The van der Waals surface area contributed by atoms with Crippen LogP contribution < -0.4 is 15.2 Å². The van der Waals surface area contributed by atoms with Gasteiger partial charge in [-0.25, -0.2) is 16.8 Å². The summed E-state index contributed by atoms with van der Waals surface area (Å²) in [5.74, 6) is 0. The van der Waals surface area contributed by atoms with Gasteiger partial charge in [0.2, 0.25) is 20.0 Å². The maximum atomic E-state index is 11.0. The Kier molecular flexibility index (Phi) is 3.53. The molecule has 0 fully saturated rings. The predicted molar refractivity (Wildman–Crippen MR) is 67.8 cm³/mol. The lowest BCUT2D eigenvalue weighted by atomic mass is 10.2. The van der Waals surface area contributed by atoms with Crippen LogP contribution in [0.2, 0.25) is 0 Å². The van der Waals surface area contributed by atoms with E-state index in [2.05, 4.69) is 9.44 Å². The van der Waals surface area contributed by atoms with Gasteiger partial charge in [-0.2, -0.15) is 0 Å². The number of anilines is 3. The highest BCUT2D eigenvalue weighted by molar-refractivity contribution is 7.92. The third kappa shape index (κ3) is 4.91. The van der Waals surface area contributed by atoms with E-state index >= 15 is 0 Å². The molecule has 0 saturated heterocycles. The van der Waals surface area contributed by atoms with Gasteiger partial charge in [0.25, 0.3) is 0 Å². The molecule has 0 bridgehead atoms. The Bertz CT molecular complexity index is 622. The van der Waals surface area contributed by atoms with Crippen LogP contribution in [0.4, 0.5) is 17.1 Å². The summed E-state index contributed by atoms with van der Waals surface area (Å²) in [4.78, 5) is 0. The summed E-state index contributed by atoms with van der Waals surface area (Å²) in [6.45, 7) is 0. The predicted octanol–water partition coefficient (Wildman–Crippen LogP) is 0.0118. The fourth-order valence-electron chi connectivity index (χ4n) is 1.13. The van der Waals surface area contributed by atoms with E-state index in [1.165, 1.54) is 18.2 Å². The quantitative estimate of drug-likeness (QED) is 0.671. The second-order valence-corrected chi connectivity index (χ2v) is 7.05. The van der Waals surface area contributed by atoms with Gasteiger partial charge >= 0.3 is 0 Å². The highest BCUT2D eigenvalue weighted by atomic mass is 32.2. The fraction of sp³-hybridized carbons (Fsp3) is 0.250. The van der Waals surface area contributed by atoms with Crippen LogP contribution in [0.5, 0.6) is 0 Å². The first-order valence-electron chi connectivity index (χ1n) is 4.42. The summed E-state index contributed by atoms with van der Waals surface area (Å²) in [5, 5.41) is 0. The highest BCUT2D eigenvalue weighted by Crippen LogP contribution is 2.23. The van der Waals surface area contributed by atoms with Crippen molar-refractivity contribution in [1.82, 2.24) is 0 Å². The molecule has 0 spiro atoms. The molecule has 0 amide bonds. The molecule has 1 aromatic rings. The lowest BCUT2D eigenvalue weighted by Gasteiger charge is -2.10. The van der Waals surface area contributed by atoms with Crippen LogP contribution in [0.1, 0.15) is 0 Å². The Morgan fingerprint density at radius 2 is 1.53 bits per heavy atom. The zero-order valence-electron chi connectivity index (χ0n) is 9.26. The lowest BCUT2D eigenvalue weighted by Crippen LogP contribution is -2.12. The fourth-order valence-corrected chi connectivity index (χ4v) is 2.27. The number of nitrogens with two attached hydrogens (primary N) is 1. The van der Waals surface area contributed by atoms with E-state index in [1.807, 2.05) is 0 Å². The Hall–Kier alpha value is -1.48. The molecule has 0 saturated carbocycles. The maximum Gasteiger partial charge on any atom is 0.229 e. The van der Waals surface area contributed by atoms with Gasteiger partial charge in [-0.3, -0.25) is 9.44 Å². The van der Waals surface area contributed by atoms with Crippen LogP contribution in [-0.2, 0) is 20.0 Å². The van der Waals surface area contributed by atoms with Crippen molar-refractivity contribution in [2.75, 3.05) is 27.7 Å². The molecule has 0 radical (unpaired) electrons. The van der Waals surface area contributed by atoms with Crippen LogP contribution >= 0.6 is 0 Å². The molecule has 96 valence electrons. The van der Waals surface area contributed by atoms with Crippen molar-refractivity contribution >= 4 is 37.1 Å². The zero-order chi connectivity index (χ0) is 13.3. The van der Waals surface area contributed by atoms with Crippen molar-refractivity contribution in [2.45, 2.75) is 0 Å². The molecule has 4 N–H and O–H groups in total. The molecule has 0 aliphatic carbocycles.